The Bertz CT molecular complexity index is 1670. The van der Waals surface area contributed by atoms with Crippen LogP contribution >= 0.6 is 0 Å². The number of amides is 2. The van der Waals surface area contributed by atoms with Crippen LogP contribution in [0.4, 0.5) is 4.39 Å². The molecule has 0 spiro atoms. The second-order valence-corrected chi connectivity index (χ2v) is 10.6. The first-order chi connectivity index (χ1) is 20.0. The van der Waals surface area contributed by atoms with Gasteiger partial charge in [-0.1, -0.05) is 32.6 Å². The van der Waals surface area contributed by atoms with Gasteiger partial charge in [-0.3, -0.25) is 9.59 Å². The maximum atomic E-state index is 13.7. The first-order valence-corrected chi connectivity index (χ1v) is 13.6. The number of methoxy groups -OCH3 is 1. The molecule has 4 rings (SSSR count). The molecule has 2 N–H and O–H groups in total. The smallest absolute Gasteiger partial charge is 0.255 e. The monoisotopic (exact) mass is 570 g/mol. The van der Waals surface area contributed by atoms with Crippen LogP contribution in [0.15, 0.2) is 76.3 Å². The summed E-state index contributed by atoms with van der Waals surface area (Å²) < 4.78 is 24.7. The minimum Gasteiger partial charge on any atom is -0.486 e. The summed E-state index contributed by atoms with van der Waals surface area (Å²) >= 11 is 0. The average molecular weight is 571 g/mol. The van der Waals surface area contributed by atoms with Crippen LogP contribution in [0.1, 0.15) is 66.4 Å². The van der Waals surface area contributed by atoms with Crippen molar-refractivity contribution in [2.45, 2.75) is 45.6 Å². The van der Waals surface area contributed by atoms with Gasteiger partial charge in [-0.25, -0.2) is 14.4 Å². The Morgan fingerprint density at radius 1 is 1.14 bits per heavy atom. The minimum atomic E-state index is -0.833. The number of benzene rings is 2. The van der Waals surface area contributed by atoms with Crippen molar-refractivity contribution in [2.24, 2.45) is 4.99 Å². The Kier molecular flexibility index (Phi) is 8.90. The molecule has 0 fully saturated rings. The van der Waals surface area contributed by atoms with Crippen LogP contribution in [0, 0.1) is 5.82 Å². The zero-order valence-electron chi connectivity index (χ0n) is 24.7. The van der Waals surface area contributed by atoms with Gasteiger partial charge in [0.25, 0.3) is 11.8 Å². The molecule has 42 heavy (non-hydrogen) atoms. The molecule has 9 heteroatoms. The number of halogens is 1. The van der Waals surface area contributed by atoms with Crippen LogP contribution in [0.3, 0.4) is 0 Å². The van der Waals surface area contributed by atoms with Gasteiger partial charge < -0.3 is 19.8 Å². The van der Waals surface area contributed by atoms with Crippen LogP contribution in [0.5, 0.6) is 0 Å². The number of ether oxygens (including phenoxy) is 1. The van der Waals surface area contributed by atoms with Crippen molar-refractivity contribution in [1.29, 1.82) is 0 Å². The van der Waals surface area contributed by atoms with E-state index in [1.807, 2.05) is 12.1 Å². The summed E-state index contributed by atoms with van der Waals surface area (Å²) in [5.41, 5.74) is 3.49. The Morgan fingerprint density at radius 2 is 1.86 bits per heavy atom. The van der Waals surface area contributed by atoms with Crippen LogP contribution in [0.25, 0.3) is 33.6 Å². The topological polar surface area (TPSA) is 106 Å². The Balaban J connectivity index is 1.85. The second-order valence-electron chi connectivity index (χ2n) is 10.6. The molecule has 0 saturated heterocycles. The molecule has 1 unspecified atom stereocenters. The third-order valence-corrected chi connectivity index (χ3v) is 7.25. The zero-order valence-corrected chi connectivity index (χ0v) is 24.7. The first-order valence-electron chi connectivity index (χ1n) is 13.6. The third kappa shape index (κ3) is 6.10. The molecule has 2 amide bonds. The van der Waals surface area contributed by atoms with E-state index in [4.69, 9.17) is 14.1 Å². The maximum absolute atomic E-state index is 13.7. The molecule has 2 aromatic carbocycles. The number of aliphatic imine (C=N–C) groups is 1. The van der Waals surface area contributed by atoms with Gasteiger partial charge in [0.05, 0.1) is 35.0 Å². The number of nitrogens with zero attached hydrogens (tertiary/aromatic N) is 2. The SMILES string of the molecule is C=C(N=COC)C(C)(C)NC(=O)c1cccc(-c2cc3c(C(=O)NC)c(-c4ccc(F)cc4)oc3nc2C(C)CC)c1. The number of carbonyl (C=O) groups is 2. The molecule has 0 saturated carbocycles. The van der Waals surface area contributed by atoms with Crippen LogP contribution < -0.4 is 10.6 Å². The van der Waals surface area contributed by atoms with Gasteiger partial charge in [0.1, 0.15) is 11.6 Å². The largest absolute Gasteiger partial charge is 0.486 e. The quantitative estimate of drug-likeness (QED) is 0.160. The molecule has 1 atom stereocenters. The fourth-order valence-corrected chi connectivity index (χ4v) is 4.53. The highest BCUT2D eigenvalue weighted by atomic mass is 19.1. The number of nitrogens with one attached hydrogen (secondary N) is 2. The van der Waals surface area contributed by atoms with E-state index < -0.39 is 11.4 Å². The average Bonchev–Trinajstić information content (AvgIpc) is 3.37. The molecule has 0 aliphatic carbocycles. The highest BCUT2D eigenvalue weighted by molar-refractivity contribution is 6.11. The highest BCUT2D eigenvalue weighted by Crippen LogP contribution is 2.39. The Hall–Kier alpha value is -4.79. The lowest BCUT2D eigenvalue weighted by molar-refractivity contribution is 0.0922. The molecule has 2 heterocycles. The van der Waals surface area contributed by atoms with Crippen molar-refractivity contribution >= 4 is 29.3 Å². The van der Waals surface area contributed by atoms with E-state index in [0.29, 0.717) is 39.2 Å². The summed E-state index contributed by atoms with van der Waals surface area (Å²) in [5, 5.41) is 6.17. The van der Waals surface area contributed by atoms with E-state index in [1.165, 1.54) is 32.7 Å². The fraction of sp³-hybridized carbons (Fsp3) is 0.273. The van der Waals surface area contributed by atoms with Gasteiger partial charge in [-0.2, -0.15) is 0 Å². The summed E-state index contributed by atoms with van der Waals surface area (Å²) in [6, 6.07) is 14.9. The number of aromatic nitrogens is 1. The van der Waals surface area contributed by atoms with Crippen LogP contribution in [-0.4, -0.2) is 42.9 Å². The van der Waals surface area contributed by atoms with Gasteiger partial charge in [0.2, 0.25) is 5.71 Å². The van der Waals surface area contributed by atoms with E-state index in [1.54, 1.807) is 44.2 Å². The van der Waals surface area contributed by atoms with Crippen molar-refractivity contribution in [1.82, 2.24) is 15.6 Å². The number of hydrogen-bond donors (Lipinski definition) is 2. The van der Waals surface area contributed by atoms with Crippen molar-refractivity contribution in [3.63, 3.8) is 0 Å². The van der Waals surface area contributed by atoms with Gasteiger partial charge in [0.15, 0.2) is 6.40 Å². The molecule has 0 aliphatic heterocycles. The first kappa shape index (κ1) is 30.2. The summed E-state index contributed by atoms with van der Waals surface area (Å²) in [6.45, 7) is 11.7. The van der Waals surface area contributed by atoms with Crippen molar-refractivity contribution in [3.8, 4) is 22.5 Å². The Morgan fingerprint density at radius 3 is 2.50 bits per heavy atom. The summed E-state index contributed by atoms with van der Waals surface area (Å²) in [4.78, 5) is 35.5. The minimum absolute atomic E-state index is 0.0469. The molecule has 218 valence electrons. The number of furan rings is 1. The van der Waals surface area contributed by atoms with E-state index in [-0.39, 0.29) is 17.7 Å². The number of hydrogen-bond acceptors (Lipinski definition) is 6. The van der Waals surface area contributed by atoms with Crippen molar-refractivity contribution in [3.05, 3.63) is 89.5 Å². The Labute approximate surface area is 244 Å². The fourth-order valence-electron chi connectivity index (χ4n) is 4.53. The maximum Gasteiger partial charge on any atom is 0.255 e. The number of fused-ring (bicyclic) bond motifs is 1. The number of carbonyl (C=O) groups excluding carboxylic acids is 2. The molecule has 2 aromatic heterocycles. The van der Waals surface area contributed by atoms with Gasteiger partial charge in [-0.15, -0.1) is 0 Å². The van der Waals surface area contributed by atoms with E-state index >= 15 is 0 Å². The normalized spacial score (nSPS) is 12.4. The number of pyridine rings is 1. The predicted molar refractivity (Wildman–Crippen MR) is 163 cm³/mol. The van der Waals surface area contributed by atoms with Crippen LogP contribution in [0.2, 0.25) is 0 Å². The van der Waals surface area contributed by atoms with Gasteiger partial charge >= 0.3 is 0 Å². The van der Waals surface area contributed by atoms with E-state index in [0.717, 1.165) is 23.2 Å². The van der Waals surface area contributed by atoms with Crippen molar-refractivity contribution in [2.75, 3.05) is 14.2 Å². The predicted octanol–water partition coefficient (Wildman–Crippen LogP) is 6.87. The van der Waals surface area contributed by atoms with E-state index in [9.17, 15) is 14.0 Å². The lowest BCUT2D eigenvalue weighted by atomic mass is 9.92. The van der Waals surface area contributed by atoms with E-state index in [2.05, 4.69) is 36.1 Å². The molecule has 4 aromatic rings. The van der Waals surface area contributed by atoms with Gasteiger partial charge in [-0.05, 0) is 74.2 Å². The molecular formula is C33H35FN4O4. The van der Waals surface area contributed by atoms with Gasteiger partial charge in [0, 0.05) is 23.7 Å². The number of rotatable bonds is 10. The summed E-state index contributed by atoms with van der Waals surface area (Å²) in [6.07, 6.45) is 2.07. The highest BCUT2D eigenvalue weighted by Gasteiger charge is 2.27. The molecular weight excluding hydrogens is 535 g/mol. The standard InChI is InChI=1S/C33H35FN4O4/c1-8-19(2)28-25(22-10-9-11-23(16-22)30(39)38-33(4,5)20(3)36-18-41-7)17-26-27(31(40)35-6)29(42-32(26)37-28)21-12-14-24(34)15-13-21/h9-19H,3,8H2,1-2,4-7H3,(H,35,40)(H,38,39). The molecule has 8 nitrogen and oxygen atoms in total. The lowest BCUT2D eigenvalue weighted by Crippen LogP contribution is -2.44. The molecule has 0 radical (unpaired) electrons. The molecule has 0 bridgehead atoms. The lowest BCUT2D eigenvalue weighted by Gasteiger charge is -2.26. The van der Waals surface area contributed by atoms with Crippen molar-refractivity contribution < 1.29 is 23.1 Å². The zero-order chi connectivity index (χ0) is 30.6. The third-order valence-electron chi connectivity index (χ3n) is 7.25. The van der Waals surface area contributed by atoms with Crippen LogP contribution in [-0.2, 0) is 4.74 Å². The summed E-state index contributed by atoms with van der Waals surface area (Å²) in [7, 11) is 3.02. The summed E-state index contributed by atoms with van der Waals surface area (Å²) in [5.74, 6) is -0.705. The molecule has 0 aliphatic rings. The second kappa shape index (κ2) is 12.4.